The highest BCUT2D eigenvalue weighted by Gasteiger charge is 2.36. The van der Waals surface area contributed by atoms with Crippen LogP contribution in [0.15, 0.2) is 22.8 Å². The Morgan fingerprint density at radius 3 is 2.67 bits per heavy atom. The van der Waals surface area contributed by atoms with Gasteiger partial charge in [-0.25, -0.2) is 4.98 Å². The van der Waals surface area contributed by atoms with Gasteiger partial charge in [0.25, 0.3) is 0 Å². The van der Waals surface area contributed by atoms with Crippen molar-refractivity contribution in [3.63, 3.8) is 0 Å². The van der Waals surface area contributed by atoms with Crippen LogP contribution in [-0.4, -0.2) is 9.38 Å². The zero-order chi connectivity index (χ0) is 11.2. The lowest BCUT2D eigenvalue weighted by Gasteiger charge is -2.04. The molecule has 0 aliphatic carbocycles. The fraction of sp³-hybridized carbons (Fsp3) is 0.222. The Kier molecular flexibility index (Phi) is 2.26. The van der Waals surface area contributed by atoms with Crippen LogP contribution in [0.5, 0.6) is 0 Å². The van der Waals surface area contributed by atoms with Crippen LogP contribution in [0.1, 0.15) is 11.5 Å². The van der Waals surface area contributed by atoms with Crippen LogP contribution in [0.2, 0.25) is 0 Å². The Labute approximate surface area is 91.9 Å². The van der Waals surface area contributed by atoms with E-state index in [1.54, 1.807) is 13.0 Å². The Bertz CT molecular complexity index is 516. The van der Waals surface area contributed by atoms with E-state index in [1.807, 2.05) is 0 Å². The van der Waals surface area contributed by atoms with Crippen molar-refractivity contribution in [2.45, 2.75) is 13.1 Å². The highest BCUT2D eigenvalue weighted by Crippen LogP contribution is 2.32. The zero-order valence-corrected chi connectivity index (χ0v) is 9.22. The van der Waals surface area contributed by atoms with Crippen molar-refractivity contribution >= 4 is 21.4 Å². The smallest absolute Gasteiger partial charge is 0.295 e. The lowest BCUT2D eigenvalue weighted by molar-refractivity contribution is -0.145. The predicted molar refractivity (Wildman–Crippen MR) is 52.6 cm³/mol. The maximum Gasteiger partial charge on any atom is 0.450 e. The second-order valence-corrected chi connectivity index (χ2v) is 3.95. The Morgan fingerprint density at radius 2 is 2.07 bits per heavy atom. The second-order valence-electron chi connectivity index (χ2n) is 3.09. The number of nitrogens with zero attached hydrogens (tertiary/aromatic N) is 2. The summed E-state index contributed by atoms with van der Waals surface area (Å²) in [6.07, 6.45) is -3.08. The summed E-state index contributed by atoms with van der Waals surface area (Å²) in [6.45, 7) is 1.55. The molecule has 0 N–H and O–H groups in total. The van der Waals surface area contributed by atoms with Gasteiger partial charge in [-0.1, -0.05) is 0 Å². The number of hydrogen-bond donors (Lipinski definition) is 0. The summed E-state index contributed by atoms with van der Waals surface area (Å²) in [5.74, 6) is -0.892. The molecule has 80 valence electrons. The minimum atomic E-state index is -4.43. The van der Waals surface area contributed by atoms with Crippen LogP contribution in [-0.2, 0) is 6.18 Å². The average molecular weight is 279 g/mol. The molecule has 2 aromatic rings. The van der Waals surface area contributed by atoms with Crippen molar-refractivity contribution in [2.75, 3.05) is 0 Å². The van der Waals surface area contributed by atoms with Crippen molar-refractivity contribution in [1.82, 2.24) is 9.38 Å². The monoisotopic (exact) mass is 278 g/mol. The van der Waals surface area contributed by atoms with Gasteiger partial charge in [0.2, 0.25) is 5.82 Å². The molecule has 6 heteroatoms. The molecule has 0 spiro atoms. The van der Waals surface area contributed by atoms with Gasteiger partial charge >= 0.3 is 6.18 Å². The topological polar surface area (TPSA) is 17.3 Å². The van der Waals surface area contributed by atoms with E-state index >= 15 is 0 Å². The van der Waals surface area contributed by atoms with Gasteiger partial charge in [0.1, 0.15) is 0 Å². The summed E-state index contributed by atoms with van der Waals surface area (Å²) in [5, 5.41) is 0. The first-order valence-corrected chi connectivity index (χ1v) is 4.91. The number of fused-ring (bicyclic) bond motifs is 1. The third-order valence-electron chi connectivity index (χ3n) is 2.04. The Hall–Kier alpha value is -1.04. The normalized spacial score (nSPS) is 12.3. The molecule has 0 atom stereocenters. The van der Waals surface area contributed by atoms with Crippen molar-refractivity contribution in [2.24, 2.45) is 0 Å². The highest BCUT2D eigenvalue weighted by atomic mass is 79.9. The van der Waals surface area contributed by atoms with Gasteiger partial charge in [-0.2, -0.15) is 13.2 Å². The first kappa shape index (κ1) is 10.5. The maximum atomic E-state index is 12.6. The molecule has 0 amide bonds. The van der Waals surface area contributed by atoms with Crippen molar-refractivity contribution < 1.29 is 13.2 Å². The number of aromatic nitrogens is 2. The average Bonchev–Trinajstić information content (AvgIpc) is 2.44. The molecule has 0 fully saturated rings. The van der Waals surface area contributed by atoms with E-state index in [0.717, 1.165) is 4.40 Å². The molecule has 0 radical (unpaired) electrons. The van der Waals surface area contributed by atoms with E-state index in [0.29, 0.717) is 15.7 Å². The SMILES string of the molecule is Cc1nc(C(F)(F)F)n2cccc(Br)c12. The molecule has 0 aromatic carbocycles. The summed E-state index contributed by atoms with van der Waals surface area (Å²) in [7, 11) is 0. The third kappa shape index (κ3) is 1.62. The van der Waals surface area contributed by atoms with Crippen LogP contribution in [0, 0.1) is 6.92 Å². The number of pyridine rings is 1. The van der Waals surface area contributed by atoms with Gasteiger partial charge in [-0.3, -0.25) is 4.40 Å². The number of imidazole rings is 1. The Morgan fingerprint density at radius 1 is 1.40 bits per heavy atom. The molecular formula is C9H6BrF3N2. The van der Waals surface area contributed by atoms with Crippen LogP contribution in [0.25, 0.3) is 5.52 Å². The summed E-state index contributed by atoms with van der Waals surface area (Å²) in [5.41, 5.74) is 0.805. The van der Waals surface area contributed by atoms with E-state index in [1.165, 1.54) is 12.3 Å². The van der Waals surface area contributed by atoms with Crippen molar-refractivity contribution in [1.29, 1.82) is 0 Å². The second kappa shape index (κ2) is 3.23. The molecule has 15 heavy (non-hydrogen) atoms. The third-order valence-corrected chi connectivity index (χ3v) is 2.68. The van der Waals surface area contributed by atoms with E-state index in [4.69, 9.17) is 0 Å². The van der Waals surface area contributed by atoms with E-state index < -0.39 is 12.0 Å². The highest BCUT2D eigenvalue weighted by molar-refractivity contribution is 9.10. The fourth-order valence-electron chi connectivity index (χ4n) is 1.47. The summed E-state index contributed by atoms with van der Waals surface area (Å²) < 4.78 is 39.3. The molecule has 2 heterocycles. The fourth-order valence-corrected chi connectivity index (χ4v) is 2.10. The van der Waals surface area contributed by atoms with Crippen LogP contribution < -0.4 is 0 Å². The van der Waals surface area contributed by atoms with Gasteiger partial charge in [-0.15, -0.1) is 0 Å². The standard InChI is InChI=1S/C9H6BrF3N2/c1-5-7-6(10)3-2-4-15(7)8(14-5)9(11,12)13/h2-4H,1H3. The lowest BCUT2D eigenvalue weighted by Crippen LogP contribution is -2.10. The summed E-state index contributed by atoms with van der Waals surface area (Å²) in [4.78, 5) is 3.53. The van der Waals surface area contributed by atoms with Crippen LogP contribution in [0.4, 0.5) is 13.2 Å². The van der Waals surface area contributed by atoms with E-state index in [-0.39, 0.29) is 0 Å². The van der Waals surface area contributed by atoms with Crippen LogP contribution in [0.3, 0.4) is 0 Å². The van der Waals surface area contributed by atoms with Gasteiger partial charge in [0.05, 0.1) is 11.2 Å². The number of aryl methyl sites for hydroxylation is 1. The molecule has 0 saturated heterocycles. The minimum Gasteiger partial charge on any atom is -0.295 e. The largest absolute Gasteiger partial charge is 0.450 e. The van der Waals surface area contributed by atoms with Gasteiger partial charge in [0, 0.05) is 10.7 Å². The van der Waals surface area contributed by atoms with Crippen molar-refractivity contribution in [3.05, 3.63) is 34.3 Å². The number of rotatable bonds is 0. The maximum absolute atomic E-state index is 12.6. The van der Waals surface area contributed by atoms with Gasteiger partial charge in [-0.05, 0) is 35.0 Å². The minimum absolute atomic E-state index is 0.356. The van der Waals surface area contributed by atoms with Crippen LogP contribution >= 0.6 is 15.9 Å². The van der Waals surface area contributed by atoms with Gasteiger partial charge < -0.3 is 0 Å². The first-order valence-electron chi connectivity index (χ1n) is 4.11. The lowest BCUT2D eigenvalue weighted by atomic mass is 10.3. The molecule has 0 bridgehead atoms. The van der Waals surface area contributed by atoms with E-state index in [9.17, 15) is 13.2 Å². The summed E-state index contributed by atoms with van der Waals surface area (Å²) in [6, 6.07) is 3.22. The number of alkyl halides is 3. The zero-order valence-electron chi connectivity index (χ0n) is 7.64. The van der Waals surface area contributed by atoms with Crippen molar-refractivity contribution in [3.8, 4) is 0 Å². The molecule has 2 aromatic heterocycles. The summed E-state index contributed by atoms with van der Waals surface area (Å²) >= 11 is 3.20. The molecule has 2 nitrogen and oxygen atoms in total. The molecule has 0 aliphatic rings. The molecular weight excluding hydrogens is 273 g/mol. The predicted octanol–water partition coefficient (Wildman–Crippen LogP) is 3.42. The molecule has 0 unspecified atom stereocenters. The number of hydrogen-bond acceptors (Lipinski definition) is 1. The molecule has 0 saturated carbocycles. The number of halogens is 4. The molecule has 2 rings (SSSR count). The Balaban J connectivity index is 2.85. The quantitative estimate of drug-likeness (QED) is 0.722. The van der Waals surface area contributed by atoms with Gasteiger partial charge in [0.15, 0.2) is 0 Å². The van der Waals surface area contributed by atoms with E-state index in [2.05, 4.69) is 20.9 Å². The first-order chi connectivity index (χ1) is 6.91. The molecule has 0 aliphatic heterocycles.